The smallest absolute Gasteiger partial charge is 0.244 e. The number of carbonyl (C=O) groups is 1. The van der Waals surface area contributed by atoms with E-state index in [1.54, 1.807) is 10.9 Å². The van der Waals surface area contributed by atoms with Crippen LogP contribution in [0.25, 0.3) is 0 Å². The van der Waals surface area contributed by atoms with Gasteiger partial charge in [0.25, 0.3) is 0 Å². The number of rotatable bonds is 7. The van der Waals surface area contributed by atoms with Gasteiger partial charge in [0.1, 0.15) is 6.54 Å². The second-order valence-corrected chi connectivity index (χ2v) is 7.44. The Morgan fingerprint density at radius 1 is 1.21 bits per heavy atom. The quantitative estimate of drug-likeness (QED) is 0.667. The first kappa shape index (κ1) is 19.0. The fraction of sp³-hybridized carbons (Fsp3) is 0.722. The van der Waals surface area contributed by atoms with Crippen molar-refractivity contribution in [2.24, 2.45) is 0 Å². The number of tetrazole rings is 1. The molecule has 0 N–H and O–H groups in total. The first-order chi connectivity index (χ1) is 13.8. The number of piperidine rings is 1. The summed E-state index contributed by atoms with van der Waals surface area (Å²) in [5.74, 6) is 0.834. The fourth-order valence-electron chi connectivity index (χ4n) is 3.98. The number of ether oxygens (including phenoxy) is 1. The van der Waals surface area contributed by atoms with E-state index in [-0.39, 0.29) is 18.5 Å². The zero-order chi connectivity index (χ0) is 19.2. The Morgan fingerprint density at radius 3 is 2.93 bits per heavy atom. The maximum Gasteiger partial charge on any atom is 0.244 e. The van der Waals surface area contributed by atoms with Crippen molar-refractivity contribution in [2.75, 3.05) is 32.8 Å². The molecular weight excluding hydrogens is 360 g/mol. The summed E-state index contributed by atoms with van der Waals surface area (Å²) in [4.78, 5) is 17.3. The average Bonchev–Trinajstić information content (AvgIpc) is 3.40. The molecule has 2 aliphatic rings. The first-order valence-corrected chi connectivity index (χ1v) is 10.1. The molecule has 4 heterocycles. The van der Waals surface area contributed by atoms with Crippen molar-refractivity contribution in [3.8, 4) is 0 Å². The molecule has 0 aromatic carbocycles. The lowest BCUT2D eigenvalue weighted by Crippen LogP contribution is -2.46. The van der Waals surface area contributed by atoms with Crippen molar-refractivity contribution in [1.82, 2.24) is 39.8 Å². The number of amides is 1. The van der Waals surface area contributed by atoms with Gasteiger partial charge < -0.3 is 9.64 Å². The Morgan fingerprint density at radius 2 is 2.11 bits per heavy atom. The Balaban J connectivity index is 1.35. The number of hydrogen-bond donors (Lipinski definition) is 0. The van der Waals surface area contributed by atoms with E-state index in [0.717, 1.165) is 64.5 Å². The van der Waals surface area contributed by atoms with Crippen molar-refractivity contribution in [2.45, 2.75) is 51.4 Å². The standard InChI is InChI=1S/C18H28N8O2/c27-18(15-26-17(20-21-22-26)14-23-10-12-28-13-11-23)25-8-2-1-4-16(25)5-9-24-7-3-6-19-24/h3,6-7,16H,1-2,4-5,8-15H2. The van der Waals surface area contributed by atoms with Gasteiger partial charge in [-0.2, -0.15) is 5.10 Å². The molecule has 0 bridgehead atoms. The number of aromatic nitrogens is 6. The SMILES string of the molecule is O=C(Cn1nnnc1CN1CCOCC1)N1CCCCC1CCn1cccn1. The average molecular weight is 388 g/mol. The topological polar surface area (TPSA) is 94.2 Å². The van der Waals surface area contributed by atoms with Gasteiger partial charge in [0.15, 0.2) is 5.82 Å². The van der Waals surface area contributed by atoms with Crippen LogP contribution < -0.4 is 0 Å². The highest BCUT2D eigenvalue weighted by atomic mass is 16.5. The molecule has 10 nitrogen and oxygen atoms in total. The van der Waals surface area contributed by atoms with Crippen molar-refractivity contribution >= 4 is 5.91 Å². The maximum atomic E-state index is 13.0. The van der Waals surface area contributed by atoms with Gasteiger partial charge in [-0.1, -0.05) is 0 Å². The number of aryl methyl sites for hydroxylation is 1. The zero-order valence-corrected chi connectivity index (χ0v) is 16.2. The van der Waals surface area contributed by atoms with Crippen LogP contribution in [0.15, 0.2) is 18.5 Å². The van der Waals surface area contributed by atoms with Crippen molar-refractivity contribution in [1.29, 1.82) is 0 Å². The Hall–Kier alpha value is -2.33. The number of carbonyl (C=O) groups excluding carboxylic acids is 1. The van der Waals surface area contributed by atoms with Crippen LogP contribution >= 0.6 is 0 Å². The number of likely N-dealkylation sites (tertiary alicyclic amines) is 1. The highest BCUT2D eigenvalue weighted by Gasteiger charge is 2.27. The third kappa shape index (κ3) is 4.74. The van der Waals surface area contributed by atoms with Crippen LogP contribution in [0.2, 0.25) is 0 Å². The second kappa shape index (κ2) is 9.24. The molecule has 0 radical (unpaired) electrons. The number of hydrogen-bond acceptors (Lipinski definition) is 7. The normalized spacial score (nSPS) is 21.1. The van der Waals surface area contributed by atoms with Crippen LogP contribution in [0.3, 0.4) is 0 Å². The Bertz CT molecular complexity index is 741. The molecule has 2 aliphatic heterocycles. The highest BCUT2D eigenvalue weighted by molar-refractivity contribution is 5.76. The van der Waals surface area contributed by atoms with Crippen molar-refractivity contribution in [3.05, 3.63) is 24.3 Å². The number of nitrogens with zero attached hydrogens (tertiary/aromatic N) is 8. The molecule has 2 saturated heterocycles. The highest BCUT2D eigenvalue weighted by Crippen LogP contribution is 2.21. The third-order valence-electron chi connectivity index (χ3n) is 5.56. The lowest BCUT2D eigenvalue weighted by Gasteiger charge is -2.36. The monoisotopic (exact) mass is 388 g/mol. The molecule has 2 aromatic heterocycles. The van der Waals surface area contributed by atoms with Gasteiger partial charge in [-0.3, -0.25) is 14.4 Å². The summed E-state index contributed by atoms with van der Waals surface area (Å²) in [6, 6.07) is 2.18. The third-order valence-corrected chi connectivity index (χ3v) is 5.56. The molecule has 2 aromatic rings. The minimum atomic E-state index is 0.0979. The van der Waals surface area contributed by atoms with Crippen molar-refractivity contribution in [3.63, 3.8) is 0 Å². The van der Waals surface area contributed by atoms with Gasteiger partial charge in [0.2, 0.25) is 5.91 Å². The largest absolute Gasteiger partial charge is 0.379 e. The van der Waals surface area contributed by atoms with Gasteiger partial charge in [-0.25, -0.2) is 4.68 Å². The molecule has 1 amide bonds. The van der Waals surface area contributed by atoms with Gasteiger partial charge in [-0.05, 0) is 42.2 Å². The van der Waals surface area contributed by atoms with E-state index in [2.05, 4.69) is 25.5 Å². The molecule has 1 atom stereocenters. The second-order valence-electron chi connectivity index (χ2n) is 7.44. The van der Waals surface area contributed by atoms with Gasteiger partial charge in [0, 0.05) is 44.6 Å². The summed E-state index contributed by atoms with van der Waals surface area (Å²) in [5, 5.41) is 16.3. The van der Waals surface area contributed by atoms with E-state index in [9.17, 15) is 4.79 Å². The minimum absolute atomic E-state index is 0.0979. The summed E-state index contributed by atoms with van der Waals surface area (Å²) >= 11 is 0. The van der Waals surface area contributed by atoms with E-state index >= 15 is 0 Å². The molecular formula is C18H28N8O2. The zero-order valence-electron chi connectivity index (χ0n) is 16.2. The Kier molecular flexibility index (Phi) is 6.27. The summed E-state index contributed by atoms with van der Waals surface area (Å²) < 4.78 is 8.97. The van der Waals surface area contributed by atoms with E-state index in [0.29, 0.717) is 6.54 Å². The molecule has 1 unspecified atom stereocenters. The van der Waals surface area contributed by atoms with E-state index in [1.807, 2.05) is 21.8 Å². The molecule has 152 valence electrons. The summed E-state index contributed by atoms with van der Waals surface area (Å²) in [6.45, 7) is 5.67. The predicted octanol–water partition coefficient (Wildman–Crippen LogP) is 0.173. The van der Waals surface area contributed by atoms with Crippen LogP contribution in [0.1, 0.15) is 31.5 Å². The molecule has 0 spiro atoms. The number of morpholine rings is 1. The predicted molar refractivity (Wildman–Crippen MR) is 100 cm³/mol. The van der Waals surface area contributed by atoms with Gasteiger partial charge >= 0.3 is 0 Å². The Labute approximate surface area is 164 Å². The molecule has 0 saturated carbocycles. The van der Waals surface area contributed by atoms with Crippen LogP contribution in [-0.4, -0.2) is 84.6 Å². The lowest BCUT2D eigenvalue weighted by atomic mass is 9.99. The van der Waals surface area contributed by atoms with Gasteiger partial charge in [-0.15, -0.1) is 5.10 Å². The van der Waals surface area contributed by atoms with Crippen molar-refractivity contribution < 1.29 is 9.53 Å². The molecule has 0 aliphatic carbocycles. The minimum Gasteiger partial charge on any atom is -0.379 e. The van der Waals surface area contributed by atoms with E-state index in [4.69, 9.17) is 4.74 Å². The maximum absolute atomic E-state index is 13.0. The molecule has 28 heavy (non-hydrogen) atoms. The summed E-state index contributed by atoms with van der Waals surface area (Å²) in [5.41, 5.74) is 0. The van der Waals surface area contributed by atoms with Gasteiger partial charge in [0.05, 0.1) is 19.8 Å². The van der Waals surface area contributed by atoms with Crippen LogP contribution in [0.4, 0.5) is 0 Å². The molecule has 10 heteroatoms. The lowest BCUT2D eigenvalue weighted by molar-refractivity contribution is -0.136. The van der Waals surface area contributed by atoms with E-state index < -0.39 is 0 Å². The fourth-order valence-corrected chi connectivity index (χ4v) is 3.98. The van der Waals surface area contributed by atoms with Crippen LogP contribution in [-0.2, 0) is 29.2 Å². The summed E-state index contributed by atoms with van der Waals surface area (Å²) in [7, 11) is 0. The van der Waals surface area contributed by atoms with Crippen LogP contribution in [0.5, 0.6) is 0 Å². The molecule has 2 fully saturated rings. The van der Waals surface area contributed by atoms with Crippen LogP contribution in [0, 0.1) is 0 Å². The summed E-state index contributed by atoms with van der Waals surface area (Å²) in [6.07, 6.45) is 7.94. The first-order valence-electron chi connectivity index (χ1n) is 10.1. The molecule has 4 rings (SSSR count). The van der Waals surface area contributed by atoms with E-state index in [1.165, 1.54) is 6.42 Å².